The second-order valence-corrected chi connectivity index (χ2v) is 3.67. The van der Waals surface area contributed by atoms with Crippen molar-refractivity contribution in [1.29, 1.82) is 5.26 Å². The van der Waals surface area contributed by atoms with Crippen LogP contribution >= 0.6 is 12.4 Å². The van der Waals surface area contributed by atoms with E-state index < -0.39 is 0 Å². The van der Waals surface area contributed by atoms with Gasteiger partial charge in [0.15, 0.2) is 0 Å². The predicted molar refractivity (Wildman–Crippen MR) is 69.0 cm³/mol. The Balaban J connectivity index is 0.00000144. The zero-order chi connectivity index (χ0) is 11.4. The van der Waals surface area contributed by atoms with Gasteiger partial charge in [-0.05, 0) is 12.5 Å². The van der Waals surface area contributed by atoms with Crippen LogP contribution in [0.2, 0.25) is 0 Å². The van der Waals surface area contributed by atoms with Gasteiger partial charge in [-0.25, -0.2) is 4.98 Å². The molecule has 1 heterocycles. The lowest BCUT2D eigenvalue weighted by atomic mass is 10.1. The highest BCUT2D eigenvalue weighted by molar-refractivity contribution is 5.85. The lowest BCUT2D eigenvalue weighted by Crippen LogP contribution is -2.09. The molecular weight excluding hydrogens is 234 g/mol. The zero-order valence-corrected chi connectivity index (χ0v) is 10.4. The summed E-state index contributed by atoms with van der Waals surface area (Å²) in [5.74, 6) is 0.818. The van der Waals surface area contributed by atoms with Gasteiger partial charge in [0.05, 0.1) is 18.5 Å². The molecule has 3 nitrogen and oxygen atoms in total. The number of rotatable bonds is 3. The maximum Gasteiger partial charge on any atom is 0.123 e. The van der Waals surface area contributed by atoms with Crippen LogP contribution in [0, 0.1) is 11.3 Å². The van der Waals surface area contributed by atoms with E-state index in [0.717, 1.165) is 5.82 Å². The molecule has 0 saturated heterocycles. The quantitative estimate of drug-likeness (QED) is 0.837. The molecule has 0 saturated carbocycles. The molecule has 0 fully saturated rings. The van der Waals surface area contributed by atoms with E-state index >= 15 is 0 Å². The fourth-order valence-electron chi connectivity index (χ4n) is 1.80. The molecule has 0 spiro atoms. The first-order chi connectivity index (χ1) is 7.83. The molecular formula is C13H14ClN3. The summed E-state index contributed by atoms with van der Waals surface area (Å²) in [6, 6.07) is 12.6. The number of aromatic nitrogens is 2. The van der Waals surface area contributed by atoms with E-state index in [1.54, 1.807) is 6.20 Å². The third kappa shape index (κ3) is 2.86. The van der Waals surface area contributed by atoms with Gasteiger partial charge in [-0.15, -0.1) is 12.4 Å². The largest absolute Gasteiger partial charge is 0.327 e. The van der Waals surface area contributed by atoms with Crippen LogP contribution in [-0.4, -0.2) is 9.55 Å². The molecule has 0 aliphatic carbocycles. The molecule has 1 atom stereocenters. The Kier molecular flexibility index (Phi) is 4.74. The highest BCUT2D eigenvalue weighted by atomic mass is 35.5. The Morgan fingerprint density at radius 3 is 2.71 bits per heavy atom. The lowest BCUT2D eigenvalue weighted by Gasteiger charge is -2.15. The van der Waals surface area contributed by atoms with E-state index in [4.69, 9.17) is 5.26 Å². The highest BCUT2D eigenvalue weighted by Crippen LogP contribution is 2.18. The second-order valence-electron chi connectivity index (χ2n) is 3.67. The van der Waals surface area contributed by atoms with E-state index in [1.807, 2.05) is 29.0 Å². The van der Waals surface area contributed by atoms with Gasteiger partial charge in [0.1, 0.15) is 5.82 Å². The van der Waals surface area contributed by atoms with Crippen LogP contribution in [0.1, 0.15) is 24.4 Å². The molecule has 0 bridgehead atoms. The van der Waals surface area contributed by atoms with Crippen LogP contribution < -0.4 is 0 Å². The molecule has 0 N–H and O–H groups in total. The van der Waals surface area contributed by atoms with Gasteiger partial charge >= 0.3 is 0 Å². The normalized spacial score (nSPS) is 11.3. The summed E-state index contributed by atoms with van der Waals surface area (Å²) in [6.45, 7) is 2.11. The van der Waals surface area contributed by atoms with Crippen molar-refractivity contribution in [2.75, 3.05) is 0 Å². The summed E-state index contributed by atoms with van der Waals surface area (Å²) in [5, 5.41) is 8.71. The molecule has 0 radical (unpaired) electrons. The van der Waals surface area contributed by atoms with Gasteiger partial charge in [-0.3, -0.25) is 0 Å². The topological polar surface area (TPSA) is 41.6 Å². The Morgan fingerprint density at radius 1 is 1.35 bits per heavy atom. The van der Waals surface area contributed by atoms with Gasteiger partial charge < -0.3 is 4.57 Å². The first kappa shape index (κ1) is 13.3. The fraction of sp³-hybridized carbons (Fsp3) is 0.231. The van der Waals surface area contributed by atoms with Gasteiger partial charge in [0, 0.05) is 12.4 Å². The molecule has 2 rings (SSSR count). The Morgan fingerprint density at radius 2 is 2.06 bits per heavy atom. The van der Waals surface area contributed by atoms with Crippen molar-refractivity contribution in [3.8, 4) is 6.07 Å². The summed E-state index contributed by atoms with van der Waals surface area (Å²) in [6.07, 6.45) is 4.01. The molecule has 1 aromatic carbocycles. The first-order valence-electron chi connectivity index (χ1n) is 5.26. The molecule has 88 valence electrons. The summed E-state index contributed by atoms with van der Waals surface area (Å²) in [4.78, 5) is 4.19. The zero-order valence-electron chi connectivity index (χ0n) is 9.58. The monoisotopic (exact) mass is 247 g/mol. The predicted octanol–water partition coefficient (Wildman–Crippen LogP) is 2.98. The van der Waals surface area contributed by atoms with Gasteiger partial charge in [-0.1, -0.05) is 30.3 Å². The molecule has 1 aromatic heterocycles. The molecule has 2 aromatic rings. The SMILES string of the molecule is CC(c1ccccc1)n1ccnc1CC#N.Cl. The van der Waals surface area contributed by atoms with Crippen molar-refractivity contribution in [3.63, 3.8) is 0 Å². The minimum Gasteiger partial charge on any atom is -0.327 e. The number of benzene rings is 1. The summed E-state index contributed by atoms with van der Waals surface area (Å²) < 4.78 is 2.04. The Bertz CT molecular complexity index is 499. The van der Waals surface area contributed by atoms with Crippen molar-refractivity contribution >= 4 is 12.4 Å². The first-order valence-corrected chi connectivity index (χ1v) is 5.26. The van der Waals surface area contributed by atoms with Crippen LogP contribution in [0.15, 0.2) is 42.7 Å². The fourth-order valence-corrected chi connectivity index (χ4v) is 1.80. The van der Waals surface area contributed by atoms with Crippen LogP contribution in [0.3, 0.4) is 0 Å². The average Bonchev–Trinajstić information content (AvgIpc) is 2.78. The minimum atomic E-state index is 0. The van der Waals surface area contributed by atoms with Gasteiger partial charge in [0.2, 0.25) is 0 Å². The number of halogens is 1. The van der Waals surface area contributed by atoms with Gasteiger partial charge in [-0.2, -0.15) is 5.26 Å². The second kappa shape index (κ2) is 6.07. The van der Waals surface area contributed by atoms with Crippen LogP contribution in [0.5, 0.6) is 0 Å². The molecule has 17 heavy (non-hydrogen) atoms. The number of nitrogens with zero attached hydrogens (tertiary/aromatic N) is 3. The third-order valence-corrected chi connectivity index (χ3v) is 2.69. The van der Waals surface area contributed by atoms with Gasteiger partial charge in [0.25, 0.3) is 0 Å². The Labute approximate surface area is 107 Å². The maximum absolute atomic E-state index is 8.71. The van der Waals surface area contributed by atoms with E-state index in [1.165, 1.54) is 5.56 Å². The van der Waals surface area contributed by atoms with E-state index in [9.17, 15) is 0 Å². The third-order valence-electron chi connectivity index (χ3n) is 2.69. The average molecular weight is 248 g/mol. The summed E-state index contributed by atoms with van der Waals surface area (Å²) in [5.41, 5.74) is 1.22. The summed E-state index contributed by atoms with van der Waals surface area (Å²) in [7, 11) is 0. The number of nitriles is 1. The van der Waals surface area contributed by atoms with E-state index in [-0.39, 0.29) is 18.4 Å². The van der Waals surface area contributed by atoms with E-state index in [2.05, 4.69) is 30.1 Å². The minimum absolute atomic E-state index is 0. The maximum atomic E-state index is 8.71. The molecule has 4 heteroatoms. The lowest BCUT2D eigenvalue weighted by molar-refractivity contribution is 0.612. The van der Waals surface area contributed by atoms with Crippen molar-refractivity contribution in [1.82, 2.24) is 9.55 Å². The number of hydrogen-bond donors (Lipinski definition) is 0. The van der Waals surface area contributed by atoms with Crippen LogP contribution in [-0.2, 0) is 6.42 Å². The van der Waals surface area contributed by atoms with Crippen LogP contribution in [0.4, 0.5) is 0 Å². The molecule has 0 aliphatic rings. The van der Waals surface area contributed by atoms with Crippen molar-refractivity contribution in [2.24, 2.45) is 0 Å². The van der Waals surface area contributed by atoms with Crippen LogP contribution in [0.25, 0.3) is 0 Å². The molecule has 1 unspecified atom stereocenters. The number of hydrogen-bond acceptors (Lipinski definition) is 2. The molecule has 0 amide bonds. The number of imidazole rings is 1. The standard InChI is InChI=1S/C13H13N3.ClH/c1-11(12-5-3-2-4-6-12)16-10-9-15-13(16)7-8-14;/h2-6,9-11H,7H2,1H3;1H. The van der Waals surface area contributed by atoms with E-state index in [0.29, 0.717) is 6.42 Å². The van der Waals surface area contributed by atoms with Crippen molar-refractivity contribution in [2.45, 2.75) is 19.4 Å². The van der Waals surface area contributed by atoms with Crippen molar-refractivity contribution < 1.29 is 0 Å². The van der Waals surface area contributed by atoms with Crippen molar-refractivity contribution in [3.05, 3.63) is 54.1 Å². The Hall–Kier alpha value is -1.79. The molecule has 0 aliphatic heterocycles. The highest BCUT2D eigenvalue weighted by Gasteiger charge is 2.10. The summed E-state index contributed by atoms with van der Waals surface area (Å²) >= 11 is 0. The smallest absolute Gasteiger partial charge is 0.123 e.